The molecule has 0 N–H and O–H groups in total. The fourth-order valence-electron chi connectivity index (χ4n) is 1.30. The smallest absolute Gasteiger partial charge is 0.410 e. The fraction of sp³-hybridized carbons (Fsp3) is 0.900. The Balaban J connectivity index is 2.42. The zero-order chi connectivity index (χ0) is 10.6. The number of nitrogens with zero attached hydrogens (tertiary/aromatic N) is 2. The summed E-state index contributed by atoms with van der Waals surface area (Å²) >= 11 is 0. The van der Waals surface area contributed by atoms with E-state index < -0.39 is 5.60 Å². The van der Waals surface area contributed by atoms with Gasteiger partial charge in [0.1, 0.15) is 5.60 Å². The Kier molecular flexibility index (Phi) is 3.75. The zero-order valence-corrected chi connectivity index (χ0v) is 9.25. The van der Waals surface area contributed by atoms with Crippen molar-refractivity contribution in [2.75, 3.05) is 26.2 Å². The minimum Gasteiger partial charge on any atom is -0.444 e. The second-order valence-corrected chi connectivity index (χ2v) is 4.49. The third kappa shape index (κ3) is 3.96. The highest BCUT2D eigenvalue weighted by Crippen LogP contribution is 2.10. The predicted molar refractivity (Wildman–Crippen MR) is 54.3 cm³/mol. The Labute approximate surface area is 85.6 Å². The van der Waals surface area contributed by atoms with Crippen molar-refractivity contribution >= 4 is 6.09 Å². The van der Waals surface area contributed by atoms with Crippen molar-refractivity contribution in [3.05, 3.63) is 0 Å². The minimum atomic E-state index is -0.402. The summed E-state index contributed by atoms with van der Waals surface area (Å²) in [7, 11) is 0. The van der Waals surface area contributed by atoms with Gasteiger partial charge in [-0.2, -0.15) is 0 Å². The quantitative estimate of drug-likeness (QED) is 0.589. The van der Waals surface area contributed by atoms with E-state index in [0.29, 0.717) is 6.54 Å². The van der Waals surface area contributed by atoms with Gasteiger partial charge < -0.3 is 9.64 Å². The normalized spacial score (nSPS) is 18.9. The molecule has 1 radical (unpaired) electrons. The van der Waals surface area contributed by atoms with Crippen molar-refractivity contribution in [3.63, 3.8) is 0 Å². The Bertz CT molecular complexity index is 191. The van der Waals surface area contributed by atoms with Crippen molar-refractivity contribution < 1.29 is 9.53 Å². The third-order valence-electron chi connectivity index (χ3n) is 1.92. The Morgan fingerprint density at radius 1 is 1.29 bits per heavy atom. The van der Waals surface area contributed by atoms with Gasteiger partial charge in [0, 0.05) is 26.2 Å². The van der Waals surface area contributed by atoms with E-state index in [1.54, 1.807) is 4.90 Å². The van der Waals surface area contributed by atoms with Gasteiger partial charge in [-0.15, -0.1) is 0 Å². The lowest BCUT2D eigenvalue weighted by Gasteiger charge is -2.26. The summed E-state index contributed by atoms with van der Waals surface area (Å²) < 4.78 is 5.28. The SMILES string of the molecule is CC(C)(C)OC(=O)N1CCC[N]CC1. The van der Waals surface area contributed by atoms with Crippen molar-refractivity contribution in [2.24, 2.45) is 0 Å². The number of carbonyl (C=O) groups excluding carboxylic acids is 1. The molecule has 1 aliphatic heterocycles. The van der Waals surface area contributed by atoms with Crippen LogP contribution in [-0.4, -0.2) is 42.8 Å². The van der Waals surface area contributed by atoms with Crippen LogP contribution in [0.3, 0.4) is 0 Å². The van der Waals surface area contributed by atoms with E-state index in [9.17, 15) is 4.79 Å². The molecule has 4 heteroatoms. The van der Waals surface area contributed by atoms with Crippen LogP contribution in [0.15, 0.2) is 0 Å². The molecule has 1 saturated heterocycles. The highest BCUT2D eigenvalue weighted by Gasteiger charge is 2.22. The van der Waals surface area contributed by atoms with E-state index in [4.69, 9.17) is 4.74 Å². The van der Waals surface area contributed by atoms with Crippen LogP contribution in [0.4, 0.5) is 4.79 Å². The lowest BCUT2D eigenvalue weighted by atomic mass is 10.2. The second kappa shape index (κ2) is 4.64. The largest absolute Gasteiger partial charge is 0.444 e. The van der Waals surface area contributed by atoms with E-state index in [0.717, 1.165) is 26.1 Å². The maximum atomic E-state index is 11.6. The van der Waals surface area contributed by atoms with Crippen molar-refractivity contribution in [1.82, 2.24) is 10.2 Å². The molecule has 0 atom stereocenters. The van der Waals surface area contributed by atoms with Gasteiger partial charge in [0.25, 0.3) is 0 Å². The van der Waals surface area contributed by atoms with Crippen LogP contribution in [0.5, 0.6) is 0 Å². The lowest BCUT2D eigenvalue weighted by Crippen LogP contribution is -2.38. The molecular weight excluding hydrogens is 180 g/mol. The molecule has 0 aromatic heterocycles. The van der Waals surface area contributed by atoms with Crippen molar-refractivity contribution in [2.45, 2.75) is 32.8 Å². The Morgan fingerprint density at radius 3 is 2.64 bits per heavy atom. The fourth-order valence-corrected chi connectivity index (χ4v) is 1.30. The van der Waals surface area contributed by atoms with Gasteiger partial charge in [0.2, 0.25) is 0 Å². The molecule has 0 aliphatic carbocycles. The molecule has 81 valence electrons. The first kappa shape index (κ1) is 11.3. The van der Waals surface area contributed by atoms with Gasteiger partial charge in [0.15, 0.2) is 0 Å². The molecule has 1 rings (SSSR count). The third-order valence-corrected chi connectivity index (χ3v) is 1.92. The van der Waals surface area contributed by atoms with Crippen LogP contribution in [0.1, 0.15) is 27.2 Å². The van der Waals surface area contributed by atoms with Gasteiger partial charge in [0.05, 0.1) is 0 Å². The summed E-state index contributed by atoms with van der Waals surface area (Å²) in [6.07, 6.45) is 0.730. The molecule has 1 aliphatic rings. The molecule has 0 aromatic rings. The van der Waals surface area contributed by atoms with Gasteiger partial charge in [-0.25, -0.2) is 10.1 Å². The average Bonchev–Trinajstić information content (AvgIpc) is 2.27. The van der Waals surface area contributed by atoms with Gasteiger partial charge in [-0.3, -0.25) is 0 Å². The number of hydrogen-bond donors (Lipinski definition) is 0. The minimum absolute atomic E-state index is 0.213. The number of carbonyl (C=O) groups is 1. The van der Waals surface area contributed by atoms with E-state index >= 15 is 0 Å². The summed E-state index contributed by atoms with van der Waals surface area (Å²) in [6, 6.07) is 0. The van der Waals surface area contributed by atoms with Crippen molar-refractivity contribution in [1.29, 1.82) is 0 Å². The maximum absolute atomic E-state index is 11.6. The summed E-state index contributed by atoms with van der Waals surface area (Å²) in [5.74, 6) is 0. The first-order chi connectivity index (χ1) is 6.49. The van der Waals surface area contributed by atoms with Crippen LogP contribution < -0.4 is 5.32 Å². The molecular formula is C10H19N2O2. The summed E-state index contributed by atoms with van der Waals surface area (Å²) in [5, 5.41) is 4.25. The van der Waals surface area contributed by atoms with Gasteiger partial charge in [-0.1, -0.05) is 0 Å². The van der Waals surface area contributed by atoms with Crippen LogP contribution in [0, 0.1) is 0 Å². The summed E-state index contributed by atoms with van der Waals surface area (Å²) in [6.45, 7) is 8.69. The predicted octanol–water partition coefficient (Wildman–Crippen LogP) is 1.23. The van der Waals surface area contributed by atoms with E-state index in [2.05, 4.69) is 5.32 Å². The lowest BCUT2D eigenvalue weighted by molar-refractivity contribution is 0.0262. The first-order valence-electron chi connectivity index (χ1n) is 5.10. The molecule has 14 heavy (non-hydrogen) atoms. The highest BCUT2D eigenvalue weighted by molar-refractivity contribution is 5.68. The average molecular weight is 199 g/mol. The number of hydrogen-bond acceptors (Lipinski definition) is 2. The summed E-state index contributed by atoms with van der Waals surface area (Å²) in [4.78, 5) is 13.4. The van der Waals surface area contributed by atoms with Gasteiger partial charge in [-0.05, 0) is 27.2 Å². The second-order valence-electron chi connectivity index (χ2n) is 4.49. The first-order valence-corrected chi connectivity index (χ1v) is 5.10. The number of amides is 1. The molecule has 0 bridgehead atoms. The van der Waals surface area contributed by atoms with Crippen LogP contribution in [-0.2, 0) is 4.74 Å². The number of rotatable bonds is 0. The van der Waals surface area contributed by atoms with E-state index in [-0.39, 0.29) is 6.09 Å². The maximum Gasteiger partial charge on any atom is 0.410 e. The molecule has 1 heterocycles. The topological polar surface area (TPSA) is 43.6 Å². The Morgan fingerprint density at radius 2 is 2.00 bits per heavy atom. The van der Waals surface area contributed by atoms with E-state index in [1.807, 2.05) is 20.8 Å². The highest BCUT2D eigenvalue weighted by atomic mass is 16.6. The van der Waals surface area contributed by atoms with Crippen LogP contribution >= 0.6 is 0 Å². The summed E-state index contributed by atoms with van der Waals surface area (Å²) in [5.41, 5.74) is -0.402. The van der Waals surface area contributed by atoms with Crippen LogP contribution in [0.2, 0.25) is 0 Å². The molecule has 0 saturated carbocycles. The molecule has 0 spiro atoms. The molecule has 0 aromatic carbocycles. The molecule has 0 unspecified atom stereocenters. The molecule has 4 nitrogen and oxygen atoms in total. The molecule has 1 fully saturated rings. The monoisotopic (exact) mass is 199 g/mol. The molecule has 1 amide bonds. The van der Waals surface area contributed by atoms with Crippen molar-refractivity contribution in [3.8, 4) is 0 Å². The zero-order valence-electron chi connectivity index (χ0n) is 9.25. The number of ether oxygens (including phenoxy) is 1. The van der Waals surface area contributed by atoms with Crippen LogP contribution in [0.25, 0.3) is 0 Å². The standard InChI is InChI=1S/C10H19N2O2/c1-10(2,3)14-9(13)12-7-4-5-11-6-8-12/h4-8H2,1-3H3. The Hall–Kier alpha value is -0.770. The van der Waals surface area contributed by atoms with Gasteiger partial charge >= 0.3 is 6.09 Å². The van der Waals surface area contributed by atoms with E-state index in [1.165, 1.54) is 0 Å².